The number of rotatable bonds is 2. The van der Waals surface area contributed by atoms with Gasteiger partial charge in [-0.1, -0.05) is 47.0 Å². The van der Waals surface area contributed by atoms with Crippen LogP contribution in [0.4, 0.5) is 0 Å². The first-order chi connectivity index (χ1) is 8.36. The van der Waals surface area contributed by atoms with E-state index in [0.717, 1.165) is 22.3 Å². The van der Waals surface area contributed by atoms with Crippen molar-refractivity contribution in [3.63, 3.8) is 0 Å². The van der Waals surface area contributed by atoms with Crippen LogP contribution in [0, 0.1) is 0 Å². The number of nitrogens with zero attached hydrogens (tertiary/aromatic N) is 2. The van der Waals surface area contributed by atoms with E-state index in [4.69, 9.17) is 0 Å². The zero-order valence-electron chi connectivity index (χ0n) is 8.83. The van der Waals surface area contributed by atoms with Crippen molar-refractivity contribution in [2.24, 2.45) is 0 Å². The predicted octanol–water partition coefficient (Wildman–Crippen LogP) is 2.92. The Bertz CT molecular complexity index is 671. The van der Waals surface area contributed by atoms with Crippen LogP contribution in [0.1, 0.15) is 15.2 Å². The van der Waals surface area contributed by atoms with E-state index in [9.17, 15) is 4.79 Å². The number of ketones is 1. The molecule has 0 spiro atoms. The number of carbonyl (C=O) groups is 1. The molecule has 1 aromatic heterocycles. The first-order valence-electron chi connectivity index (χ1n) is 5.16. The fourth-order valence-corrected chi connectivity index (χ4v) is 2.29. The maximum absolute atomic E-state index is 12.3. The van der Waals surface area contributed by atoms with Crippen molar-refractivity contribution in [3.05, 3.63) is 59.1 Å². The molecule has 0 N–H and O–H groups in total. The molecule has 0 amide bonds. The van der Waals surface area contributed by atoms with Crippen LogP contribution in [-0.2, 0) is 0 Å². The summed E-state index contributed by atoms with van der Waals surface area (Å²) in [5, 5.41) is 5.73. The molecule has 17 heavy (non-hydrogen) atoms. The molecule has 82 valence electrons. The van der Waals surface area contributed by atoms with Crippen molar-refractivity contribution >= 4 is 28.1 Å². The van der Waals surface area contributed by atoms with Gasteiger partial charge in [0.2, 0.25) is 5.78 Å². The van der Waals surface area contributed by atoms with E-state index in [2.05, 4.69) is 9.59 Å². The smallest absolute Gasteiger partial charge is 0.206 e. The quantitative estimate of drug-likeness (QED) is 0.647. The third-order valence-corrected chi connectivity index (χ3v) is 3.28. The van der Waals surface area contributed by atoms with Crippen molar-refractivity contribution in [1.29, 1.82) is 0 Å². The molecule has 0 fully saturated rings. The van der Waals surface area contributed by atoms with Gasteiger partial charge in [0.1, 0.15) is 4.88 Å². The number of carbonyl (C=O) groups excluding carboxylic acids is 1. The minimum atomic E-state index is -0.0169. The standard InChI is InChI=1S/C13H8N2OS/c16-13(12-8-14-15-17-12)11-7-3-5-9-4-1-2-6-10(9)11/h1-8H. The van der Waals surface area contributed by atoms with Crippen LogP contribution in [0.15, 0.2) is 48.7 Å². The third-order valence-electron chi connectivity index (χ3n) is 2.62. The van der Waals surface area contributed by atoms with E-state index in [-0.39, 0.29) is 5.78 Å². The van der Waals surface area contributed by atoms with Gasteiger partial charge in [-0.05, 0) is 22.3 Å². The van der Waals surface area contributed by atoms with Crippen molar-refractivity contribution < 1.29 is 4.79 Å². The first-order valence-corrected chi connectivity index (χ1v) is 5.93. The van der Waals surface area contributed by atoms with Gasteiger partial charge in [-0.15, -0.1) is 5.10 Å². The molecule has 2 aromatic carbocycles. The van der Waals surface area contributed by atoms with E-state index in [1.165, 1.54) is 6.20 Å². The van der Waals surface area contributed by atoms with Gasteiger partial charge in [0.15, 0.2) is 0 Å². The average Bonchev–Trinajstić information content (AvgIpc) is 2.91. The fraction of sp³-hybridized carbons (Fsp3) is 0. The molecular formula is C13H8N2OS. The van der Waals surface area contributed by atoms with Crippen LogP contribution in [0.3, 0.4) is 0 Å². The van der Waals surface area contributed by atoms with Gasteiger partial charge in [-0.25, -0.2) is 0 Å². The van der Waals surface area contributed by atoms with Gasteiger partial charge in [0, 0.05) is 5.56 Å². The Morgan fingerprint density at radius 1 is 1.06 bits per heavy atom. The Balaban J connectivity index is 2.21. The van der Waals surface area contributed by atoms with Crippen molar-refractivity contribution in [1.82, 2.24) is 9.59 Å². The lowest BCUT2D eigenvalue weighted by Gasteiger charge is -2.03. The number of hydrogen-bond acceptors (Lipinski definition) is 4. The Morgan fingerprint density at radius 2 is 1.88 bits per heavy atom. The molecule has 4 heteroatoms. The normalized spacial score (nSPS) is 10.6. The molecular weight excluding hydrogens is 232 g/mol. The van der Waals surface area contributed by atoms with E-state index in [0.29, 0.717) is 10.4 Å². The molecule has 0 aliphatic heterocycles. The molecule has 0 atom stereocenters. The van der Waals surface area contributed by atoms with Crippen LogP contribution in [0.2, 0.25) is 0 Å². The van der Waals surface area contributed by atoms with Gasteiger partial charge >= 0.3 is 0 Å². The van der Waals surface area contributed by atoms with Crippen LogP contribution in [0.5, 0.6) is 0 Å². The number of aromatic nitrogens is 2. The Kier molecular flexibility index (Phi) is 2.42. The number of hydrogen-bond donors (Lipinski definition) is 0. The highest BCUT2D eigenvalue weighted by atomic mass is 32.1. The van der Waals surface area contributed by atoms with Crippen LogP contribution >= 0.6 is 11.5 Å². The summed E-state index contributed by atoms with van der Waals surface area (Å²) in [5.41, 5.74) is 0.703. The summed E-state index contributed by atoms with van der Waals surface area (Å²) in [6.45, 7) is 0. The Hall–Kier alpha value is -2.07. The molecule has 0 saturated heterocycles. The van der Waals surface area contributed by atoms with Gasteiger partial charge in [-0.3, -0.25) is 4.79 Å². The van der Waals surface area contributed by atoms with Gasteiger partial charge in [0.25, 0.3) is 0 Å². The molecule has 0 bridgehead atoms. The second-order valence-electron chi connectivity index (χ2n) is 3.64. The molecule has 0 saturated carbocycles. The molecule has 3 nitrogen and oxygen atoms in total. The van der Waals surface area contributed by atoms with E-state index in [1.54, 1.807) is 0 Å². The maximum atomic E-state index is 12.3. The largest absolute Gasteiger partial charge is 0.288 e. The van der Waals surface area contributed by atoms with Crippen LogP contribution < -0.4 is 0 Å². The minimum absolute atomic E-state index is 0.0169. The van der Waals surface area contributed by atoms with Crippen molar-refractivity contribution in [2.45, 2.75) is 0 Å². The van der Waals surface area contributed by atoms with E-state index >= 15 is 0 Å². The highest BCUT2D eigenvalue weighted by Gasteiger charge is 2.13. The molecule has 0 unspecified atom stereocenters. The average molecular weight is 240 g/mol. The summed E-state index contributed by atoms with van der Waals surface area (Å²) >= 11 is 1.12. The highest BCUT2D eigenvalue weighted by molar-refractivity contribution is 7.08. The van der Waals surface area contributed by atoms with Gasteiger partial charge < -0.3 is 0 Å². The van der Waals surface area contributed by atoms with Gasteiger partial charge in [0.05, 0.1) is 6.20 Å². The van der Waals surface area contributed by atoms with E-state index < -0.39 is 0 Å². The molecule has 0 aliphatic carbocycles. The topological polar surface area (TPSA) is 42.9 Å². The van der Waals surface area contributed by atoms with Crippen LogP contribution in [-0.4, -0.2) is 15.4 Å². The molecule has 3 aromatic rings. The number of fused-ring (bicyclic) bond motifs is 1. The third kappa shape index (κ3) is 1.72. The molecule has 0 radical (unpaired) electrons. The lowest BCUT2D eigenvalue weighted by Crippen LogP contribution is -1.99. The zero-order valence-corrected chi connectivity index (χ0v) is 9.65. The summed E-state index contributed by atoms with van der Waals surface area (Å²) < 4.78 is 3.72. The monoisotopic (exact) mass is 240 g/mol. The zero-order chi connectivity index (χ0) is 11.7. The predicted molar refractivity (Wildman–Crippen MR) is 67.3 cm³/mol. The van der Waals surface area contributed by atoms with E-state index in [1.807, 2.05) is 42.5 Å². The minimum Gasteiger partial charge on any atom is -0.288 e. The summed E-state index contributed by atoms with van der Waals surface area (Å²) in [7, 11) is 0. The second-order valence-corrected chi connectivity index (χ2v) is 4.42. The first kappa shape index (κ1) is 10.1. The Morgan fingerprint density at radius 3 is 2.71 bits per heavy atom. The van der Waals surface area contributed by atoms with Crippen molar-refractivity contribution in [3.8, 4) is 0 Å². The summed E-state index contributed by atoms with van der Waals surface area (Å²) in [4.78, 5) is 12.8. The molecule has 1 heterocycles. The summed E-state index contributed by atoms with van der Waals surface area (Å²) in [5.74, 6) is -0.0169. The maximum Gasteiger partial charge on any atom is 0.206 e. The molecule has 3 rings (SSSR count). The van der Waals surface area contributed by atoms with Gasteiger partial charge in [-0.2, -0.15) is 0 Å². The van der Waals surface area contributed by atoms with Crippen molar-refractivity contribution in [2.75, 3.05) is 0 Å². The highest BCUT2D eigenvalue weighted by Crippen LogP contribution is 2.21. The lowest BCUT2D eigenvalue weighted by atomic mass is 10.0. The van der Waals surface area contributed by atoms with Crippen LogP contribution in [0.25, 0.3) is 10.8 Å². The summed E-state index contributed by atoms with van der Waals surface area (Å²) in [6, 6.07) is 13.6. The lowest BCUT2D eigenvalue weighted by molar-refractivity contribution is 0.104. The second kappa shape index (κ2) is 4.07. The fourth-order valence-electron chi connectivity index (χ4n) is 1.82. The SMILES string of the molecule is O=C(c1cnns1)c1cccc2ccccc12. The molecule has 0 aliphatic rings. The summed E-state index contributed by atoms with van der Waals surface area (Å²) in [6.07, 6.45) is 1.51. The number of benzene rings is 2. The Labute approximate surface area is 102 Å².